The summed E-state index contributed by atoms with van der Waals surface area (Å²) in [5.74, 6) is 1.55. The van der Waals surface area contributed by atoms with Crippen LogP contribution in [0.4, 0.5) is 0 Å². The Bertz CT molecular complexity index is 349. The third-order valence-electron chi connectivity index (χ3n) is 5.75. The summed E-state index contributed by atoms with van der Waals surface area (Å²) in [6, 6.07) is 1.24. The highest BCUT2D eigenvalue weighted by molar-refractivity contribution is 5.79. The van der Waals surface area contributed by atoms with Crippen molar-refractivity contribution in [3.05, 3.63) is 0 Å². The van der Waals surface area contributed by atoms with Gasteiger partial charge in [-0.3, -0.25) is 9.69 Å². The van der Waals surface area contributed by atoms with Crippen molar-refractivity contribution in [1.82, 2.24) is 9.80 Å². The minimum absolute atomic E-state index is 0.352. The van der Waals surface area contributed by atoms with Crippen LogP contribution in [0.5, 0.6) is 0 Å². The van der Waals surface area contributed by atoms with Gasteiger partial charge in [-0.2, -0.15) is 0 Å². The Kier molecular flexibility index (Phi) is 4.34. The van der Waals surface area contributed by atoms with E-state index in [1.54, 1.807) is 0 Å². The largest absolute Gasteiger partial charge is 0.341 e. The molecule has 0 aromatic rings. The highest BCUT2D eigenvalue weighted by atomic mass is 16.2. The fraction of sp³-hybridized carbons (Fsp3) is 0.941. The topological polar surface area (TPSA) is 23.6 Å². The van der Waals surface area contributed by atoms with Crippen molar-refractivity contribution in [3.63, 3.8) is 0 Å². The Morgan fingerprint density at radius 3 is 2.40 bits per heavy atom. The summed E-state index contributed by atoms with van der Waals surface area (Å²) < 4.78 is 0. The second kappa shape index (κ2) is 6.05. The van der Waals surface area contributed by atoms with E-state index in [0.29, 0.717) is 23.9 Å². The first-order valence-corrected chi connectivity index (χ1v) is 8.71. The van der Waals surface area contributed by atoms with Crippen molar-refractivity contribution in [1.29, 1.82) is 0 Å². The number of carbonyl (C=O) groups is 1. The van der Waals surface area contributed by atoms with Gasteiger partial charge in [-0.05, 0) is 52.0 Å². The predicted octanol–water partition coefficient (Wildman–Crippen LogP) is 2.90. The number of carbonyl (C=O) groups excluding carboxylic acids is 1. The first-order valence-electron chi connectivity index (χ1n) is 8.71. The van der Waals surface area contributed by atoms with Crippen LogP contribution in [0, 0.1) is 11.8 Å². The number of nitrogens with zero attached hydrogens (tertiary/aromatic N) is 2. The highest BCUT2D eigenvalue weighted by Crippen LogP contribution is 2.34. The van der Waals surface area contributed by atoms with Crippen LogP contribution in [-0.2, 0) is 4.79 Å². The predicted molar refractivity (Wildman–Crippen MR) is 81.5 cm³/mol. The molecule has 1 amide bonds. The molecule has 3 nitrogen and oxygen atoms in total. The lowest BCUT2D eigenvalue weighted by Crippen LogP contribution is -2.45. The van der Waals surface area contributed by atoms with Crippen molar-refractivity contribution < 1.29 is 4.79 Å². The molecule has 1 aliphatic carbocycles. The van der Waals surface area contributed by atoms with Crippen molar-refractivity contribution in [2.45, 2.75) is 70.9 Å². The number of amides is 1. The molecule has 3 rings (SSSR count). The molecule has 2 atom stereocenters. The van der Waals surface area contributed by atoms with E-state index in [1.165, 1.54) is 38.6 Å². The smallest absolute Gasteiger partial charge is 0.225 e. The zero-order valence-corrected chi connectivity index (χ0v) is 13.2. The van der Waals surface area contributed by atoms with Crippen LogP contribution in [0.1, 0.15) is 58.8 Å². The monoisotopic (exact) mass is 278 g/mol. The van der Waals surface area contributed by atoms with Crippen LogP contribution in [-0.4, -0.2) is 47.4 Å². The maximum atomic E-state index is 12.7. The average molecular weight is 278 g/mol. The second-order valence-corrected chi connectivity index (χ2v) is 7.38. The van der Waals surface area contributed by atoms with Gasteiger partial charge < -0.3 is 4.90 Å². The zero-order chi connectivity index (χ0) is 14.1. The molecule has 0 unspecified atom stereocenters. The van der Waals surface area contributed by atoms with E-state index < -0.39 is 0 Å². The molecular formula is C17H30N2O. The van der Waals surface area contributed by atoms with E-state index in [1.807, 2.05) is 0 Å². The maximum absolute atomic E-state index is 12.7. The molecule has 0 radical (unpaired) electrons. The number of hydrogen-bond acceptors (Lipinski definition) is 2. The average Bonchev–Trinajstić information content (AvgIpc) is 3.04. The van der Waals surface area contributed by atoms with Gasteiger partial charge in [0.1, 0.15) is 0 Å². The SMILES string of the molecule is CC(C)N1CCCC[C@H]2CN(C(=O)C3CCCC3)C[C@H]21. The van der Waals surface area contributed by atoms with E-state index >= 15 is 0 Å². The van der Waals surface area contributed by atoms with Gasteiger partial charge in [0.25, 0.3) is 0 Å². The quantitative estimate of drug-likeness (QED) is 0.775. The lowest BCUT2D eigenvalue weighted by molar-refractivity contribution is -0.134. The maximum Gasteiger partial charge on any atom is 0.225 e. The van der Waals surface area contributed by atoms with Crippen LogP contribution in [0.25, 0.3) is 0 Å². The van der Waals surface area contributed by atoms with Gasteiger partial charge in [0.2, 0.25) is 5.91 Å². The molecular weight excluding hydrogens is 248 g/mol. The Morgan fingerprint density at radius 2 is 1.70 bits per heavy atom. The summed E-state index contributed by atoms with van der Waals surface area (Å²) in [7, 11) is 0. The van der Waals surface area contributed by atoms with Crippen molar-refractivity contribution >= 4 is 5.91 Å². The van der Waals surface area contributed by atoms with E-state index in [9.17, 15) is 4.79 Å². The first kappa shape index (κ1) is 14.4. The molecule has 1 saturated carbocycles. The van der Waals surface area contributed by atoms with Crippen LogP contribution in [0.15, 0.2) is 0 Å². The van der Waals surface area contributed by atoms with E-state index in [2.05, 4.69) is 23.6 Å². The molecule has 0 N–H and O–H groups in total. The lowest BCUT2D eigenvalue weighted by atomic mass is 9.98. The molecule has 2 saturated heterocycles. The van der Waals surface area contributed by atoms with Gasteiger partial charge in [-0.15, -0.1) is 0 Å². The summed E-state index contributed by atoms with van der Waals surface area (Å²) >= 11 is 0. The summed E-state index contributed by atoms with van der Waals surface area (Å²) in [5.41, 5.74) is 0. The number of rotatable bonds is 2. The lowest BCUT2D eigenvalue weighted by Gasteiger charge is -2.33. The van der Waals surface area contributed by atoms with Gasteiger partial charge >= 0.3 is 0 Å². The van der Waals surface area contributed by atoms with Crippen molar-refractivity contribution in [2.24, 2.45) is 11.8 Å². The third-order valence-corrected chi connectivity index (χ3v) is 5.75. The van der Waals surface area contributed by atoms with Crippen molar-refractivity contribution in [2.75, 3.05) is 19.6 Å². The number of fused-ring (bicyclic) bond motifs is 1. The fourth-order valence-corrected chi connectivity index (χ4v) is 4.63. The molecule has 0 aromatic carbocycles. The van der Waals surface area contributed by atoms with Gasteiger partial charge in [-0.25, -0.2) is 0 Å². The summed E-state index contributed by atoms with van der Waals surface area (Å²) in [6.07, 6.45) is 8.79. The van der Waals surface area contributed by atoms with Gasteiger partial charge in [0, 0.05) is 31.1 Å². The Morgan fingerprint density at radius 1 is 1.00 bits per heavy atom. The third kappa shape index (κ3) is 2.74. The van der Waals surface area contributed by atoms with Crippen molar-refractivity contribution in [3.8, 4) is 0 Å². The Balaban J connectivity index is 1.68. The fourth-order valence-electron chi connectivity index (χ4n) is 4.63. The van der Waals surface area contributed by atoms with E-state index in [4.69, 9.17) is 0 Å². The minimum Gasteiger partial charge on any atom is -0.341 e. The standard InChI is InChI=1S/C17H30N2O/c1-13(2)19-10-6-5-9-15-11-18(12-16(15)19)17(20)14-7-3-4-8-14/h13-16H,3-12H2,1-2H3/t15-,16+/m0/s1. The minimum atomic E-state index is 0.352. The molecule has 0 spiro atoms. The molecule has 2 aliphatic heterocycles. The van der Waals surface area contributed by atoms with Crippen LogP contribution in [0.2, 0.25) is 0 Å². The van der Waals surface area contributed by atoms with Gasteiger partial charge in [0.05, 0.1) is 0 Å². The molecule has 114 valence electrons. The molecule has 3 fully saturated rings. The normalized spacial score (nSPS) is 32.6. The van der Waals surface area contributed by atoms with E-state index in [-0.39, 0.29) is 0 Å². The Hall–Kier alpha value is -0.570. The summed E-state index contributed by atoms with van der Waals surface area (Å²) in [5, 5.41) is 0. The summed E-state index contributed by atoms with van der Waals surface area (Å²) in [6.45, 7) is 7.87. The number of hydrogen-bond donors (Lipinski definition) is 0. The zero-order valence-electron chi connectivity index (χ0n) is 13.2. The van der Waals surface area contributed by atoms with E-state index in [0.717, 1.165) is 31.8 Å². The molecule has 0 bridgehead atoms. The molecule has 2 heterocycles. The van der Waals surface area contributed by atoms with Crippen LogP contribution >= 0.6 is 0 Å². The molecule has 3 heteroatoms. The second-order valence-electron chi connectivity index (χ2n) is 7.38. The Labute approximate surface area is 123 Å². The highest BCUT2D eigenvalue weighted by Gasteiger charge is 2.41. The summed E-state index contributed by atoms with van der Waals surface area (Å²) in [4.78, 5) is 17.5. The molecule has 20 heavy (non-hydrogen) atoms. The van der Waals surface area contributed by atoms with Crippen LogP contribution in [0.3, 0.4) is 0 Å². The number of likely N-dealkylation sites (tertiary alicyclic amines) is 2. The molecule has 0 aromatic heterocycles. The van der Waals surface area contributed by atoms with Crippen LogP contribution < -0.4 is 0 Å². The first-order chi connectivity index (χ1) is 9.66. The van der Waals surface area contributed by atoms with Gasteiger partial charge in [0.15, 0.2) is 0 Å². The van der Waals surface area contributed by atoms with Gasteiger partial charge in [-0.1, -0.05) is 19.3 Å². The molecule has 3 aliphatic rings.